The summed E-state index contributed by atoms with van der Waals surface area (Å²) in [6, 6.07) is 0.454. The Bertz CT molecular complexity index is 278. The van der Waals surface area contributed by atoms with E-state index in [0.717, 1.165) is 25.8 Å². The first kappa shape index (κ1) is 12.9. The maximum Gasteiger partial charge on any atom is 0.240 e. The summed E-state index contributed by atoms with van der Waals surface area (Å²) >= 11 is 0. The van der Waals surface area contributed by atoms with Crippen LogP contribution in [-0.4, -0.2) is 35.0 Å². The van der Waals surface area contributed by atoms with Crippen LogP contribution in [0, 0.1) is 0 Å². The first-order valence-electron chi connectivity index (χ1n) is 7.16. The molecule has 0 aromatic carbocycles. The molecular formula is C14H26N2O. The van der Waals surface area contributed by atoms with E-state index < -0.39 is 0 Å². The zero-order valence-corrected chi connectivity index (χ0v) is 11.5. The number of piperidine rings is 1. The third-order valence-corrected chi connectivity index (χ3v) is 4.49. The fourth-order valence-electron chi connectivity index (χ4n) is 3.30. The van der Waals surface area contributed by atoms with Crippen LogP contribution in [0.15, 0.2) is 0 Å². The van der Waals surface area contributed by atoms with Crippen LogP contribution in [-0.2, 0) is 4.79 Å². The van der Waals surface area contributed by atoms with Gasteiger partial charge in [-0.05, 0) is 38.5 Å². The second kappa shape index (κ2) is 4.97. The second-order valence-corrected chi connectivity index (χ2v) is 5.94. The molecule has 1 saturated heterocycles. The van der Waals surface area contributed by atoms with Gasteiger partial charge in [0.2, 0.25) is 5.91 Å². The number of hydrogen-bond donors (Lipinski definition) is 1. The molecule has 3 heteroatoms. The molecule has 2 fully saturated rings. The number of nitrogens with zero attached hydrogens (tertiary/aromatic N) is 1. The molecule has 1 aliphatic carbocycles. The molecule has 1 unspecified atom stereocenters. The molecule has 1 saturated carbocycles. The van der Waals surface area contributed by atoms with E-state index in [2.05, 4.69) is 31.0 Å². The Morgan fingerprint density at radius 1 is 1.41 bits per heavy atom. The summed E-state index contributed by atoms with van der Waals surface area (Å²) in [5.74, 6) is 0.353. The van der Waals surface area contributed by atoms with E-state index >= 15 is 0 Å². The van der Waals surface area contributed by atoms with Crippen LogP contribution < -0.4 is 5.32 Å². The quantitative estimate of drug-likeness (QED) is 0.815. The summed E-state index contributed by atoms with van der Waals surface area (Å²) in [5, 5.41) is 3.41. The lowest BCUT2D eigenvalue weighted by Crippen LogP contribution is -2.63. The smallest absolute Gasteiger partial charge is 0.240 e. The van der Waals surface area contributed by atoms with Gasteiger partial charge in [0.05, 0.1) is 6.04 Å². The minimum absolute atomic E-state index is 0.0628. The predicted molar refractivity (Wildman–Crippen MR) is 69.9 cm³/mol. The van der Waals surface area contributed by atoms with Gasteiger partial charge in [-0.25, -0.2) is 0 Å². The second-order valence-electron chi connectivity index (χ2n) is 5.94. The Hall–Kier alpha value is -0.570. The molecule has 0 radical (unpaired) electrons. The minimum Gasteiger partial charge on any atom is -0.336 e. The van der Waals surface area contributed by atoms with Crippen LogP contribution in [0.4, 0.5) is 0 Å². The highest BCUT2D eigenvalue weighted by Gasteiger charge is 2.45. The Morgan fingerprint density at radius 2 is 2.12 bits per heavy atom. The van der Waals surface area contributed by atoms with Crippen LogP contribution >= 0.6 is 0 Å². The van der Waals surface area contributed by atoms with Gasteiger partial charge in [-0.1, -0.05) is 20.8 Å². The van der Waals surface area contributed by atoms with Gasteiger partial charge in [-0.2, -0.15) is 0 Å². The van der Waals surface area contributed by atoms with Crippen molar-refractivity contribution in [2.45, 2.75) is 76.9 Å². The molecule has 3 nitrogen and oxygen atoms in total. The third kappa shape index (κ3) is 2.35. The summed E-state index contributed by atoms with van der Waals surface area (Å²) < 4.78 is 0. The van der Waals surface area contributed by atoms with Crippen molar-refractivity contribution in [2.75, 3.05) is 6.54 Å². The van der Waals surface area contributed by atoms with Gasteiger partial charge < -0.3 is 10.2 Å². The standard InChI is InChI=1S/C14H26N2O/c1-4-14(8-6-9-14)16-10-5-7-12(13(16)17)15-11(2)3/h11-12,15H,4-10H2,1-3H3. The maximum atomic E-state index is 12.5. The lowest BCUT2D eigenvalue weighted by atomic mass is 9.72. The highest BCUT2D eigenvalue weighted by Crippen LogP contribution is 2.42. The first-order valence-corrected chi connectivity index (χ1v) is 7.16. The van der Waals surface area contributed by atoms with E-state index in [0.29, 0.717) is 11.9 Å². The van der Waals surface area contributed by atoms with Crippen molar-refractivity contribution in [1.29, 1.82) is 0 Å². The summed E-state index contributed by atoms with van der Waals surface area (Å²) in [7, 11) is 0. The Morgan fingerprint density at radius 3 is 2.59 bits per heavy atom. The van der Waals surface area contributed by atoms with Crippen LogP contribution in [0.5, 0.6) is 0 Å². The van der Waals surface area contributed by atoms with Crippen molar-refractivity contribution >= 4 is 5.91 Å². The van der Waals surface area contributed by atoms with E-state index in [1.54, 1.807) is 0 Å². The topological polar surface area (TPSA) is 32.3 Å². The van der Waals surface area contributed by atoms with Gasteiger partial charge in [-0.3, -0.25) is 4.79 Å². The normalized spacial score (nSPS) is 28.4. The molecule has 0 bridgehead atoms. The van der Waals surface area contributed by atoms with Crippen LogP contribution in [0.1, 0.15) is 59.3 Å². The number of carbonyl (C=O) groups excluding carboxylic acids is 1. The average Bonchev–Trinajstić information content (AvgIpc) is 2.22. The molecule has 2 aliphatic rings. The Labute approximate surface area is 105 Å². The number of rotatable bonds is 4. The van der Waals surface area contributed by atoms with Crippen molar-refractivity contribution in [2.24, 2.45) is 0 Å². The van der Waals surface area contributed by atoms with Gasteiger partial charge in [0.15, 0.2) is 0 Å². The van der Waals surface area contributed by atoms with E-state index in [4.69, 9.17) is 0 Å². The molecule has 0 spiro atoms. The Kier molecular flexibility index (Phi) is 3.76. The summed E-state index contributed by atoms with van der Waals surface area (Å²) in [6.07, 6.45) is 6.99. The van der Waals surface area contributed by atoms with Crippen LogP contribution in [0.2, 0.25) is 0 Å². The van der Waals surface area contributed by atoms with Crippen molar-refractivity contribution in [3.05, 3.63) is 0 Å². The van der Waals surface area contributed by atoms with Crippen molar-refractivity contribution in [3.8, 4) is 0 Å². The molecule has 1 amide bonds. The van der Waals surface area contributed by atoms with Crippen molar-refractivity contribution in [3.63, 3.8) is 0 Å². The molecule has 17 heavy (non-hydrogen) atoms. The molecule has 98 valence electrons. The van der Waals surface area contributed by atoms with Crippen LogP contribution in [0.25, 0.3) is 0 Å². The van der Waals surface area contributed by atoms with Crippen molar-refractivity contribution in [1.82, 2.24) is 10.2 Å². The largest absolute Gasteiger partial charge is 0.336 e. The fraction of sp³-hybridized carbons (Fsp3) is 0.929. The van der Waals surface area contributed by atoms with Gasteiger partial charge in [0.25, 0.3) is 0 Å². The molecule has 1 heterocycles. The number of nitrogens with one attached hydrogen (secondary N) is 1. The number of likely N-dealkylation sites (tertiary alicyclic amines) is 1. The van der Waals surface area contributed by atoms with E-state index in [1.165, 1.54) is 19.3 Å². The monoisotopic (exact) mass is 238 g/mol. The minimum atomic E-state index is 0.0628. The zero-order chi connectivity index (χ0) is 12.5. The van der Waals surface area contributed by atoms with Crippen molar-refractivity contribution < 1.29 is 4.79 Å². The van der Waals surface area contributed by atoms with E-state index in [9.17, 15) is 4.79 Å². The molecule has 1 N–H and O–H groups in total. The maximum absolute atomic E-state index is 12.5. The molecule has 1 atom stereocenters. The molecule has 1 aliphatic heterocycles. The summed E-state index contributed by atoms with van der Waals surface area (Å²) in [4.78, 5) is 14.7. The van der Waals surface area contributed by atoms with Gasteiger partial charge in [0, 0.05) is 18.1 Å². The fourth-order valence-corrected chi connectivity index (χ4v) is 3.30. The lowest BCUT2D eigenvalue weighted by molar-refractivity contribution is -0.148. The van der Waals surface area contributed by atoms with E-state index in [1.807, 2.05) is 0 Å². The first-order chi connectivity index (χ1) is 8.09. The predicted octanol–water partition coefficient (Wildman–Crippen LogP) is 2.31. The summed E-state index contributed by atoms with van der Waals surface area (Å²) in [6.45, 7) is 7.44. The molecule has 0 aromatic heterocycles. The van der Waals surface area contributed by atoms with E-state index in [-0.39, 0.29) is 11.6 Å². The molecular weight excluding hydrogens is 212 g/mol. The number of hydrogen-bond acceptors (Lipinski definition) is 2. The zero-order valence-electron chi connectivity index (χ0n) is 11.5. The number of amides is 1. The third-order valence-electron chi connectivity index (χ3n) is 4.49. The highest BCUT2D eigenvalue weighted by molar-refractivity contribution is 5.83. The Balaban J connectivity index is 2.05. The van der Waals surface area contributed by atoms with Gasteiger partial charge in [0.1, 0.15) is 0 Å². The molecule has 0 aromatic rings. The van der Waals surface area contributed by atoms with Gasteiger partial charge in [-0.15, -0.1) is 0 Å². The highest BCUT2D eigenvalue weighted by atomic mass is 16.2. The molecule has 2 rings (SSSR count). The average molecular weight is 238 g/mol. The SMILES string of the molecule is CCC1(N2CCCC(NC(C)C)C2=O)CCC1. The summed E-state index contributed by atoms with van der Waals surface area (Å²) in [5.41, 5.74) is 0.217. The van der Waals surface area contributed by atoms with Gasteiger partial charge >= 0.3 is 0 Å². The van der Waals surface area contributed by atoms with Crippen LogP contribution in [0.3, 0.4) is 0 Å². The lowest BCUT2D eigenvalue weighted by Gasteiger charge is -2.52. The number of carbonyl (C=O) groups is 1.